The summed E-state index contributed by atoms with van der Waals surface area (Å²) in [6.07, 6.45) is 6.40. The highest BCUT2D eigenvalue weighted by Gasteiger charge is 2.32. The van der Waals surface area contributed by atoms with E-state index in [1.165, 1.54) is 23.1 Å². The number of halogens is 1. The fourth-order valence-corrected chi connectivity index (χ4v) is 2.91. The van der Waals surface area contributed by atoms with Gasteiger partial charge in [-0.25, -0.2) is 14.6 Å². The number of nitrogens with zero attached hydrogens (tertiary/aromatic N) is 5. The summed E-state index contributed by atoms with van der Waals surface area (Å²) in [5.74, 6) is 0.424. The van der Waals surface area contributed by atoms with Gasteiger partial charge in [0, 0.05) is 24.0 Å². The highest BCUT2D eigenvalue weighted by atomic mass is 35.5. The molecule has 0 aromatic carbocycles. The van der Waals surface area contributed by atoms with Crippen molar-refractivity contribution in [1.82, 2.24) is 24.7 Å². The number of aromatic nitrogens is 5. The van der Waals surface area contributed by atoms with Crippen LogP contribution in [0.5, 0.6) is 0 Å². The minimum Gasteiger partial charge on any atom is -0.377 e. The van der Waals surface area contributed by atoms with Crippen LogP contribution in [0, 0.1) is 0 Å². The van der Waals surface area contributed by atoms with E-state index in [2.05, 4.69) is 25.4 Å². The van der Waals surface area contributed by atoms with Crippen molar-refractivity contribution < 1.29 is 4.74 Å². The van der Waals surface area contributed by atoms with Gasteiger partial charge in [-0.3, -0.25) is 9.78 Å². The molecule has 1 saturated heterocycles. The summed E-state index contributed by atoms with van der Waals surface area (Å²) >= 11 is 5.81. The Morgan fingerprint density at radius 3 is 2.65 bits per heavy atom. The van der Waals surface area contributed by atoms with Crippen molar-refractivity contribution in [1.29, 1.82) is 0 Å². The summed E-state index contributed by atoms with van der Waals surface area (Å²) in [5, 5.41) is 8.17. The lowest BCUT2D eigenvalue weighted by Crippen LogP contribution is -2.37. The number of hydrogen-bond donors (Lipinski definition) is 1. The zero-order chi connectivity index (χ0) is 17.9. The van der Waals surface area contributed by atoms with E-state index in [4.69, 9.17) is 16.3 Å². The molecule has 3 aromatic heterocycles. The Bertz CT molecular complexity index is 947. The molecular formula is C17H15ClN6O2. The summed E-state index contributed by atoms with van der Waals surface area (Å²) in [6, 6.07) is 6.45. The van der Waals surface area contributed by atoms with Gasteiger partial charge in [-0.1, -0.05) is 11.6 Å². The number of anilines is 1. The second-order valence-electron chi connectivity index (χ2n) is 5.82. The Morgan fingerprint density at radius 2 is 1.88 bits per heavy atom. The second-order valence-corrected chi connectivity index (χ2v) is 6.25. The largest absolute Gasteiger partial charge is 0.377 e. The van der Waals surface area contributed by atoms with Crippen molar-refractivity contribution in [3.05, 3.63) is 64.4 Å². The van der Waals surface area contributed by atoms with E-state index in [1.54, 1.807) is 18.5 Å². The van der Waals surface area contributed by atoms with Crippen LogP contribution in [0.25, 0.3) is 11.3 Å². The predicted molar refractivity (Wildman–Crippen MR) is 96.0 cm³/mol. The molecule has 3 aromatic rings. The van der Waals surface area contributed by atoms with Crippen LogP contribution in [0.4, 0.5) is 5.95 Å². The summed E-state index contributed by atoms with van der Waals surface area (Å²) in [4.78, 5) is 24.7. The first-order valence-electron chi connectivity index (χ1n) is 8.03. The first-order chi connectivity index (χ1) is 12.7. The first kappa shape index (κ1) is 16.6. The Balaban J connectivity index is 1.63. The van der Waals surface area contributed by atoms with Crippen molar-refractivity contribution in [2.24, 2.45) is 0 Å². The molecule has 0 amide bonds. The molecule has 9 heteroatoms. The van der Waals surface area contributed by atoms with Crippen molar-refractivity contribution in [2.75, 3.05) is 18.5 Å². The molecule has 0 bridgehead atoms. The molecular weight excluding hydrogens is 356 g/mol. The molecule has 1 aliphatic rings. The van der Waals surface area contributed by atoms with Gasteiger partial charge in [-0.05, 0) is 18.2 Å². The maximum absolute atomic E-state index is 12.4. The third-order valence-electron chi connectivity index (χ3n) is 4.10. The van der Waals surface area contributed by atoms with Gasteiger partial charge in [0.2, 0.25) is 5.95 Å². The molecule has 0 saturated carbocycles. The predicted octanol–water partition coefficient (Wildman–Crippen LogP) is 1.80. The lowest BCUT2D eigenvalue weighted by Gasteiger charge is -2.20. The average molecular weight is 371 g/mol. The minimum absolute atomic E-state index is 0.186. The van der Waals surface area contributed by atoms with Crippen LogP contribution in [-0.2, 0) is 4.74 Å². The summed E-state index contributed by atoms with van der Waals surface area (Å²) in [7, 11) is 0. The molecule has 2 atom stereocenters. The fourth-order valence-electron chi connectivity index (χ4n) is 2.81. The number of hydrogen-bond acceptors (Lipinski definition) is 7. The molecule has 1 N–H and O–H groups in total. The summed E-state index contributed by atoms with van der Waals surface area (Å²) in [5.41, 5.74) is 1.39. The maximum atomic E-state index is 12.4. The van der Waals surface area contributed by atoms with Crippen LogP contribution in [0.15, 0.2) is 53.8 Å². The molecule has 132 valence electrons. The van der Waals surface area contributed by atoms with Gasteiger partial charge < -0.3 is 10.1 Å². The third-order valence-corrected chi connectivity index (χ3v) is 4.30. The Hall–Kier alpha value is -2.84. The number of rotatable bonds is 4. The zero-order valence-corrected chi connectivity index (χ0v) is 14.4. The Kier molecular flexibility index (Phi) is 4.59. The molecule has 0 spiro atoms. The number of ether oxygens (including phenoxy) is 1. The number of nitrogens with one attached hydrogen (secondary N) is 1. The van der Waals surface area contributed by atoms with Gasteiger partial charge in [0.25, 0.3) is 5.56 Å². The van der Waals surface area contributed by atoms with Gasteiger partial charge >= 0.3 is 0 Å². The zero-order valence-electron chi connectivity index (χ0n) is 13.6. The molecule has 1 aliphatic heterocycles. The van der Waals surface area contributed by atoms with Crippen molar-refractivity contribution in [2.45, 2.75) is 12.1 Å². The van der Waals surface area contributed by atoms with E-state index in [1.807, 2.05) is 12.1 Å². The lowest BCUT2D eigenvalue weighted by molar-refractivity contribution is 0.183. The van der Waals surface area contributed by atoms with Crippen LogP contribution < -0.4 is 10.9 Å². The fraction of sp³-hybridized carbons (Fsp3) is 0.235. The summed E-state index contributed by atoms with van der Waals surface area (Å²) < 4.78 is 7.02. The van der Waals surface area contributed by atoms with Crippen LogP contribution in [0.2, 0.25) is 5.02 Å². The van der Waals surface area contributed by atoms with E-state index >= 15 is 0 Å². The van der Waals surface area contributed by atoms with Crippen molar-refractivity contribution in [3.8, 4) is 11.3 Å². The highest BCUT2D eigenvalue weighted by molar-refractivity contribution is 6.30. The van der Waals surface area contributed by atoms with Crippen LogP contribution in [0.3, 0.4) is 0 Å². The van der Waals surface area contributed by atoms with Gasteiger partial charge in [-0.15, -0.1) is 0 Å². The smallest absolute Gasteiger partial charge is 0.267 e. The molecule has 4 heterocycles. The molecule has 0 radical (unpaired) electrons. The normalized spacial score (nSPS) is 19.4. The van der Waals surface area contributed by atoms with Crippen molar-refractivity contribution >= 4 is 17.5 Å². The SMILES string of the molecule is O=c1ccc(-c2ccncc2)nn1C1COCC1Nc1ncc(Cl)cn1. The van der Waals surface area contributed by atoms with E-state index in [-0.39, 0.29) is 17.6 Å². The average Bonchev–Trinajstić information content (AvgIpc) is 3.13. The molecule has 2 unspecified atom stereocenters. The van der Waals surface area contributed by atoms with Gasteiger partial charge in [0.05, 0.1) is 42.4 Å². The monoisotopic (exact) mass is 370 g/mol. The van der Waals surface area contributed by atoms with Crippen LogP contribution >= 0.6 is 11.6 Å². The standard InChI is InChI=1S/C17H15ClN6O2/c18-12-7-20-17(21-8-12)22-14-9-26-10-15(14)24-16(25)2-1-13(23-24)11-3-5-19-6-4-11/h1-8,14-15H,9-10H2,(H,20,21,22). The van der Waals surface area contributed by atoms with E-state index in [9.17, 15) is 4.79 Å². The molecule has 4 rings (SSSR count). The topological polar surface area (TPSA) is 94.8 Å². The highest BCUT2D eigenvalue weighted by Crippen LogP contribution is 2.22. The van der Waals surface area contributed by atoms with E-state index in [0.717, 1.165) is 5.56 Å². The Labute approximate surface area is 153 Å². The minimum atomic E-state index is -0.274. The van der Waals surface area contributed by atoms with Crippen LogP contribution in [-0.4, -0.2) is 44.0 Å². The molecule has 8 nitrogen and oxygen atoms in total. The van der Waals surface area contributed by atoms with Crippen molar-refractivity contribution in [3.63, 3.8) is 0 Å². The molecule has 26 heavy (non-hydrogen) atoms. The Morgan fingerprint density at radius 1 is 1.12 bits per heavy atom. The maximum Gasteiger partial charge on any atom is 0.267 e. The van der Waals surface area contributed by atoms with Gasteiger partial charge in [-0.2, -0.15) is 5.10 Å². The summed E-state index contributed by atoms with van der Waals surface area (Å²) in [6.45, 7) is 0.794. The third kappa shape index (κ3) is 3.42. The van der Waals surface area contributed by atoms with Crippen LogP contribution in [0.1, 0.15) is 6.04 Å². The quantitative estimate of drug-likeness (QED) is 0.748. The lowest BCUT2D eigenvalue weighted by atomic mass is 10.1. The molecule has 0 aliphatic carbocycles. The molecule has 1 fully saturated rings. The first-order valence-corrected chi connectivity index (χ1v) is 8.40. The number of pyridine rings is 1. The van der Waals surface area contributed by atoms with E-state index in [0.29, 0.717) is 29.9 Å². The van der Waals surface area contributed by atoms with Gasteiger partial charge in [0.1, 0.15) is 6.04 Å². The van der Waals surface area contributed by atoms with Gasteiger partial charge in [0.15, 0.2) is 0 Å². The van der Waals surface area contributed by atoms with E-state index < -0.39 is 0 Å². The second kappa shape index (κ2) is 7.19.